The molecule has 0 amide bonds. The van der Waals surface area contributed by atoms with Crippen molar-refractivity contribution in [3.05, 3.63) is 54.1 Å². The maximum absolute atomic E-state index is 12.3. The van der Waals surface area contributed by atoms with Gasteiger partial charge in [-0.1, -0.05) is 18.2 Å². The Kier molecular flexibility index (Phi) is 4.44. The van der Waals surface area contributed by atoms with E-state index in [-0.39, 0.29) is 16.7 Å². The minimum absolute atomic E-state index is 0.118. The predicted molar refractivity (Wildman–Crippen MR) is 73.8 cm³/mol. The Labute approximate surface area is 118 Å². The molecular weight excluding hydrogens is 287 g/mol. The van der Waals surface area contributed by atoms with Crippen molar-refractivity contribution in [2.24, 2.45) is 0 Å². The maximum Gasteiger partial charge on any atom is 0.446 e. The van der Waals surface area contributed by atoms with Crippen molar-refractivity contribution in [1.29, 1.82) is 0 Å². The van der Waals surface area contributed by atoms with E-state index in [4.69, 9.17) is 4.84 Å². The number of hydrogen-bond acceptors (Lipinski definition) is 3. The van der Waals surface area contributed by atoms with Crippen LogP contribution in [-0.4, -0.2) is 5.51 Å². The van der Waals surface area contributed by atoms with Crippen molar-refractivity contribution in [3.63, 3.8) is 0 Å². The average Bonchev–Trinajstić information content (AvgIpc) is 2.39. The summed E-state index contributed by atoms with van der Waals surface area (Å²) in [6.07, 6.45) is 0. The Hall–Kier alpha value is -1.82. The molecule has 0 radical (unpaired) electrons. The SMILES string of the molecule is Cc1cc(NOc2ccccc2)ccc1SC(F)(F)F. The van der Waals surface area contributed by atoms with Gasteiger partial charge >= 0.3 is 5.51 Å². The number of thioether (sulfide) groups is 1. The summed E-state index contributed by atoms with van der Waals surface area (Å²) >= 11 is -0.118. The molecule has 0 atom stereocenters. The highest BCUT2D eigenvalue weighted by Crippen LogP contribution is 2.38. The molecule has 1 N–H and O–H groups in total. The Morgan fingerprint density at radius 3 is 2.35 bits per heavy atom. The summed E-state index contributed by atoms with van der Waals surface area (Å²) in [6.45, 7) is 1.63. The zero-order valence-corrected chi connectivity index (χ0v) is 11.4. The van der Waals surface area contributed by atoms with Crippen LogP contribution < -0.4 is 10.3 Å². The molecule has 2 nitrogen and oxygen atoms in total. The number of aryl methyl sites for hydroxylation is 1. The topological polar surface area (TPSA) is 21.3 Å². The van der Waals surface area contributed by atoms with Crippen LogP contribution in [0.25, 0.3) is 0 Å². The second kappa shape index (κ2) is 6.09. The van der Waals surface area contributed by atoms with Gasteiger partial charge < -0.3 is 4.84 Å². The lowest BCUT2D eigenvalue weighted by Crippen LogP contribution is -2.05. The molecule has 20 heavy (non-hydrogen) atoms. The first kappa shape index (κ1) is 14.6. The van der Waals surface area contributed by atoms with E-state index < -0.39 is 5.51 Å². The van der Waals surface area contributed by atoms with Crippen LogP contribution >= 0.6 is 11.8 Å². The molecule has 0 spiro atoms. The van der Waals surface area contributed by atoms with E-state index in [0.29, 0.717) is 17.0 Å². The highest BCUT2D eigenvalue weighted by molar-refractivity contribution is 8.00. The van der Waals surface area contributed by atoms with Crippen LogP contribution in [0.15, 0.2) is 53.4 Å². The van der Waals surface area contributed by atoms with Crippen LogP contribution in [-0.2, 0) is 0 Å². The molecule has 0 aromatic heterocycles. The predicted octanol–water partition coefficient (Wildman–Crippen LogP) is 5.01. The number of alkyl halides is 3. The number of halogens is 3. The molecule has 0 aliphatic rings. The van der Waals surface area contributed by atoms with Crippen LogP contribution in [0.4, 0.5) is 18.9 Å². The Bertz CT molecular complexity index is 572. The van der Waals surface area contributed by atoms with E-state index >= 15 is 0 Å². The number of hydrogen-bond donors (Lipinski definition) is 1. The molecule has 2 aromatic rings. The molecular formula is C14H12F3NOS. The van der Waals surface area contributed by atoms with Crippen molar-refractivity contribution in [1.82, 2.24) is 0 Å². The first-order valence-corrected chi connectivity index (χ1v) is 6.60. The van der Waals surface area contributed by atoms with Gasteiger partial charge in [-0.05, 0) is 54.6 Å². The van der Waals surface area contributed by atoms with Crippen LogP contribution in [0.2, 0.25) is 0 Å². The molecule has 0 heterocycles. The summed E-state index contributed by atoms with van der Waals surface area (Å²) in [6, 6.07) is 13.6. The molecule has 0 aliphatic heterocycles. The first-order valence-electron chi connectivity index (χ1n) is 5.78. The second-order valence-electron chi connectivity index (χ2n) is 4.05. The quantitative estimate of drug-likeness (QED) is 0.633. The van der Waals surface area contributed by atoms with Crippen LogP contribution in [0.3, 0.4) is 0 Å². The third-order valence-corrected chi connectivity index (χ3v) is 3.34. The van der Waals surface area contributed by atoms with Crippen LogP contribution in [0.1, 0.15) is 5.56 Å². The van der Waals surface area contributed by atoms with Crippen molar-refractivity contribution < 1.29 is 18.0 Å². The number of benzene rings is 2. The number of nitrogens with one attached hydrogen (secondary N) is 1. The highest BCUT2D eigenvalue weighted by Gasteiger charge is 2.29. The van der Waals surface area contributed by atoms with Crippen molar-refractivity contribution >= 4 is 17.4 Å². The molecule has 0 saturated carbocycles. The van der Waals surface area contributed by atoms with E-state index in [2.05, 4.69) is 5.48 Å². The average molecular weight is 299 g/mol. The van der Waals surface area contributed by atoms with Gasteiger partial charge in [-0.2, -0.15) is 13.2 Å². The third kappa shape index (κ3) is 4.38. The number of anilines is 1. The fourth-order valence-electron chi connectivity index (χ4n) is 1.56. The number of rotatable bonds is 4. The lowest BCUT2D eigenvalue weighted by atomic mass is 10.2. The maximum atomic E-state index is 12.3. The van der Waals surface area contributed by atoms with Gasteiger partial charge in [-0.15, -0.1) is 0 Å². The monoisotopic (exact) mass is 299 g/mol. The molecule has 0 saturated heterocycles. The largest absolute Gasteiger partial charge is 0.446 e. The summed E-state index contributed by atoms with van der Waals surface area (Å²) in [5, 5.41) is 0. The van der Waals surface area contributed by atoms with Crippen LogP contribution in [0, 0.1) is 6.92 Å². The van der Waals surface area contributed by atoms with E-state index in [1.54, 1.807) is 31.2 Å². The second-order valence-corrected chi connectivity index (χ2v) is 5.15. The van der Waals surface area contributed by atoms with Gasteiger partial charge in [0.2, 0.25) is 0 Å². The normalized spacial score (nSPS) is 11.2. The van der Waals surface area contributed by atoms with Crippen molar-refractivity contribution in [3.8, 4) is 5.75 Å². The molecule has 106 valence electrons. The molecule has 0 unspecified atom stereocenters. The van der Waals surface area contributed by atoms with Gasteiger partial charge in [0.25, 0.3) is 0 Å². The summed E-state index contributed by atoms with van der Waals surface area (Å²) < 4.78 is 36.9. The molecule has 6 heteroatoms. The smallest absolute Gasteiger partial charge is 0.382 e. The molecule has 0 bridgehead atoms. The summed E-state index contributed by atoms with van der Waals surface area (Å²) in [5.74, 6) is 0.624. The van der Waals surface area contributed by atoms with Gasteiger partial charge in [0.1, 0.15) is 0 Å². The minimum Gasteiger partial charge on any atom is -0.382 e. The zero-order chi connectivity index (χ0) is 14.6. The molecule has 0 fully saturated rings. The Morgan fingerprint density at radius 2 is 1.75 bits per heavy atom. The lowest BCUT2D eigenvalue weighted by molar-refractivity contribution is -0.0328. The first-order chi connectivity index (χ1) is 9.44. The Balaban J connectivity index is 2.02. The zero-order valence-electron chi connectivity index (χ0n) is 10.6. The van der Waals surface area contributed by atoms with E-state index in [9.17, 15) is 13.2 Å². The highest BCUT2D eigenvalue weighted by atomic mass is 32.2. The van der Waals surface area contributed by atoms with Gasteiger partial charge in [-0.25, -0.2) is 5.48 Å². The fraction of sp³-hybridized carbons (Fsp3) is 0.143. The molecule has 0 aliphatic carbocycles. The third-order valence-electron chi connectivity index (χ3n) is 2.43. The van der Waals surface area contributed by atoms with Gasteiger partial charge in [0, 0.05) is 4.90 Å². The minimum atomic E-state index is -4.28. The lowest BCUT2D eigenvalue weighted by Gasteiger charge is -2.12. The standard InChI is InChI=1S/C14H12F3NOS/c1-10-9-11(7-8-13(10)20-14(15,16)17)18-19-12-5-3-2-4-6-12/h2-9,18H,1H3. The van der Waals surface area contributed by atoms with Crippen LogP contribution in [0.5, 0.6) is 5.75 Å². The molecule has 2 rings (SSSR count). The Morgan fingerprint density at radius 1 is 1.05 bits per heavy atom. The van der Waals surface area contributed by atoms with Crippen molar-refractivity contribution in [2.75, 3.05) is 5.48 Å². The summed E-state index contributed by atoms with van der Waals surface area (Å²) in [4.78, 5) is 5.49. The van der Waals surface area contributed by atoms with Gasteiger partial charge in [0.15, 0.2) is 5.75 Å². The van der Waals surface area contributed by atoms with E-state index in [1.807, 2.05) is 18.2 Å². The van der Waals surface area contributed by atoms with Gasteiger partial charge in [-0.3, -0.25) is 0 Å². The fourth-order valence-corrected chi connectivity index (χ4v) is 2.16. The van der Waals surface area contributed by atoms with Gasteiger partial charge in [0.05, 0.1) is 5.69 Å². The molecule has 2 aromatic carbocycles. The van der Waals surface area contributed by atoms with Crippen molar-refractivity contribution in [2.45, 2.75) is 17.3 Å². The number of para-hydroxylation sites is 1. The summed E-state index contributed by atoms with van der Waals surface area (Å²) in [7, 11) is 0. The summed E-state index contributed by atoms with van der Waals surface area (Å²) in [5.41, 5.74) is -0.445. The van der Waals surface area contributed by atoms with E-state index in [0.717, 1.165) is 0 Å². The van der Waals surface area contributed by atoms with E-state index in [1.165, 1.54) is 6.07 Å².